The van der Waals surface area contributed by atoms with Crippen molar-refractivity contribution >= 4 is 17.7 Å². The molecule has 10 nitrogen and oxygen atoms in total. The van der Waals surface area contributed by atoms with E-state index in [9.17, 15) is 14.7 Å². The van der Waals surface area contributed by atoms with Crippen LogP contribution in [0.2, 0.25) is 0 Å². The summed E-state index contributed by atoms with van der Waals surface area (Å²) in [5.74, 6) is 0.936. The molecule has 268 valence electrons. The fraction of sp³-hybridized carbons (Fsp3) is 0.600. The number of hydrogen-bond donors (Lipinski definition) is 1. The molecule has 4 saturated carbocycles. The number of aryl methyl sites for hydroxylation is 1. The molecule has 1 saturated heterocycles. The number of carbonyl (C=O) groups is 2. The highest BCUT2D eigenvalue weighted by molar-refractivity contribution is 5.95. The number of fused-ring (bicyclic) bond motifs is 3. The molecule has 3 aromatic rings. The lowest BCUT2D eigenvalue weighted by Gasteiger charge is -2.55. The summed E-state index contributed by atoms with van der Waals surface area (Å²) in [4.78, 5) is 35.4. The molecule has 1 aliphatic heterocycles. The Hall–Kier alpha value is -3.92. The van der Waals surface area contributed by atoms with Gasteiger partial charge < -0.3 is 24.4 Å². The largest absolute Gasteiger partial charge is 0.496 e. The zero-order chi connectivity index (χ0) is 35.3. The maximum absolute atomic E-state index is 14.7. The number of aliphatic hydroxyl groups is 1. The van der Waals surface area contributed by atoms with E-state index in [1.54, 1.807) is 7.11 Å². The van der Waals surface area contributed by atoms with Crippen LogP contribution in [0.25, 0.3) is 11.1 Å². The first-order valence-corrected chi connectivity index (χ1v) is 18.5. The lowest BCUT2D eigenvalue weighted by molar-refractivity contribution is -0.124. The number of pyridine rings is 1. The second kappa shape index (κ2) is 13.3. The molecule has 2 bridgehead atoms. The third kappa shape index (κ3) is 6.75. The van der Waals surface area contributed by atoms with Gasteiger partial charge in [0.15, 0.2) is 0 Å². The number of nitrogens with zero attached hydrogens (tertiary/aromatic N) is 5. The van der Waals surface area contributed by atoms with Gasteiger partial charge in [-0.05, 0) is 126 Å². The van der Waals surface area contributed by atoms with E-state index in [1.165, 1.54) is 16.0 Å². The van der Waals surface area contributed by atoms with Crippen molar-refractivity contribution in [2.75, 3.05) is 31.6 Å². The first-order valence-electron chi connectivity index (χ1n) is 18.5. The van der Waals surface area contributed by atoms with Gasteiger partial charge in [0, 0.05) is 36.0 Å². The number of aliphatic hydroxyl groups excluding tert-OH is 1. The lowest BCUT2D eigenvalue weighted by atomic mass is 9.51. The third-order valence-electron chi connectivity index (χ3n) is 12.2. The zero-order valence-electron chi connectivity index (χ0n) is 30.4. The monoisotopic (exact) mass is 683 g/mol. The quantitative estimate of drug-likeness (QED) is 0.272. The summed E-state index contributed by atoms with van der Waals surface area (Å²) in [6, 6.07) is 8.81. The van der Waals surface area contributed by atoms with E-state index in [1.807, 2.05) is 23.3 Å². The van der Waals surface area contributed by atoms with Crippen LogP contribution in [0, 0.1) is 18.3 Å². The number of benzene rings is 1. The molecule has 0 atom stereocenters. The van der Waals surface area contributed by atoms with Crippen molar-refractivity contribution in [3.63, 3.8) is 0 Å². The molecule has 0 spiro atoms. The smallest absolute Gasteiger partial charge is 0.410 e. The van der Waals surface area contributed by atoms with Crippen molar-refractivity contribution in [3.8, 4) is 16.9 Å². The Labute approximate surface area is 296 Å². The molecule has 1 N–H and O–H groups in total. The predicted molar refractivity (Wildman–Crippen MR) is 192 cm³/mol. The van der Waals surface area contributed by atoms with E-state index < -0.39 is 6.10 Å². The molecular formula is C40H53N5O5. The summed E-state index contributed by atoms with van der Waals surface area (Å²) in [5.41, 5.74) is 5.47. The maximum Gasteiger partial charge on any atom is 0.410 e. The minimum Gasteiger partial charge on any atom is -0.496 e. The molecule has 2 aromatic heterocycles. The number of likely N-dealkylation sites (tertiary alicyclic amines) is 1. The van der Waals surface area contributed by atoms with Crippen molar-refractivity contribution in [1.29, 1.82) is 0 Å². The number of carbonyl (C=O) groups excluding carboxylic acids is 2. The summed E-state index contributed by atoms with van der Waals surface area (Å²) < 4.78 is 13.3. The average molecular weight is 684 g/mol. The van der Waals surface area contributed by atoms with Gasteiger partial charge in [-0.25, -0.2) is 4.79 Å². The molecular weight excluding hydrogens is 630 g/mol. The molecule has 4 aliphatic carbocycles. The van der Waals surface area contributed by atoms with Crippen LogP contribution in [0.1, 0.15) is 96.1 Å². The van der Waals surface area contributed by atoms with Crippen LogP contribution in [0.5, 0.6) is 5.75 Å². The fourth-order valence-electron chi connectivity index (χ4n) is 8.82. The molecule has 5 aliphatic rings. The van der Waals surface area contributed by atoms with E-state index in [0.717, 1.165) is 61.1 Å². The summed E-state index contributed by atoms with van der Waals surface area (Å²) in [7, 11) is 1.73. The number of rotatable bonds is 8. The van der Waals surface area contributed by atoms with Crippen molar-refractivity contribution < 1.29 is 24.2 Å². The van der Waals surface area contributed by atoms with Gasteiger partial charge in [0.1, 0.15) is 11.9 Å². The van der Waals surface area contributed by atoms with Gasteiger partial charge in [-0.1, -0.05) is 12.1 Å². The van der Waals surface area contributed by atoms with Crippen molar-refractivity contribution in [2.45, 2.75) is 115 Å². The van der Waals surface area contributed by atoms with Crippen LogP contribution < -0.4 is 9.64 Å². The summed E-state index contributed by atoms with van der Waals surface area (Å²) in [5, 5.41) is 14.2. The standard InChI is InChI=1S/C40H53N5O5/c1-27-18-31(8-11-35(27)49-5)40-15-12-39(13-16-40,14-17-40)26-44(32-19-29(20-41-22-32)30-21-42-45(23-30)38(2,3)4)36(47)28-6-9-34(10-7-28)50-37(48)43-24-33(46)25-43/h8,11,18-23,28,33-34,46H,6-7,9-10,12-17,24-26H2,1-5H3/t28-,34-,39?,40?. The predicted octanol–water partition coefficient (Wildman–Crippen LogP) is 7.01. The first kappa shape index (κ1) is 34.5. The molecule has 1 aromatic carbocycles. The normalized spacial score (nSPS) is 26.7. The average Bonchev–Trinajstić information content (AvgIpc) is 3.62. The summed E-state index contributed by atoms with van der Waals surface area (Å²) in [6.07, 6.45) is 15.9. The minimum atomic E-state index is -0.458. The number of methoxy groups -OCH3 is 1. The van der Waals surface area contributed by atoms with Crippen LogP contribution >= 0.6 is 0 Å². The van der Waals surface area contributed by atoms with Gasteiger partial charge >= 0.3 is 6.09 Å². The number of aromatic nitrogens is 3. The van der Waals surface area contributed by atoms with E-state index in [2.05, 4.69) is 73.1 Å². The second-order valence-corrected chi connectivity index (χ2v) is 16.6. The molecule has 0 radical (unpaired) electrons. The third-order valence-corrected chi connectivity index (χ3v) is 12.2. The van der Waals surface area contributed by atoms with Crippen LogP contribution in [-0.2, 0) is 20.5 Å². The van der Waals surface area contributed by atoms with Gasteiger partial charge in [0.25, 0.3) is 0 Å². The van der Waals surface area contributed by atoms with Crippen LogP contribution in [-0.4, -0.2) is 75.7 Å². The van der Waals surface area contributed by atoms with Gasteiger partial charge in [-0.3, -0.25) is 14.5 Å². The molecule has 50 heavy (non-hydrogen) atoms. The van der Waals surface area contributed by atoms with Gasteiger partial charge in [0.05, 0.1) is 49.9 Å². The Morgan fingerprint density at radius 2 is 1.66 bits per heavy atom. The Kier molecular flexibility index (Phi) is 9.20. The topological polar surface area (TPSA) is 110 Å². The zero-order valence-corrected chi connectivity index (χ0v) is 30.4. The Morgan fingerprint density at radius 1 is 0.960 bits per heavy atom. The van der Waals surface area contributed by atoms with E-state index in [0.29, 0.717) is 45.3 Å². The summed E-state index contributed by atoms with van der Waals surface area (Å²) in [6.45, 7) is 9.85. The van der Waals surface area contributed by atoms with Crippen molar-refractivity contribution in [2.24, 2.45) is 11.3 Å². The second-order valence-electron chi connectivity index (χ2n) is 16.6. The highest BCUT2D eigenvalue weighted by atomic mass is 16.6. The fourth-order valence-corrected chi connectivity index (χ4v) is 8.82. The number of hydrogen-bond acceptors (Lipinski definition) is 7. The lowest BCUT2D eigenvalue weighted by Crippen LogP contribution is -2.54. The van der Waals surface area contributed by atoms with Gasteiger partial charge in [0.2, 0.25) is 5.91 Å². The maximum atomic E-state index is 14.7. The number of anilines is 1. The van der Waals surface area contributed by atoms with E-state index in [4.69, 9.17) is 9.47 Å². The minimum absolute atomic E-state index is 0.0561. The van der Waals surface area contributed by atoms with E-state index in [-0.39, 0.29) is 40.4 Å². The van der Waals surface area contributed by atoms with Crippen LogP contribution in [0.3, 0.4) is 0 Å². The molecule has 2 amide bonds. The molecule has 0 unspecified atom stereocenters. The van der Waals surface area contributed by atoms with Gasteiger partial charge in [-0.2, -0.15) is 5.10 Å². The number of β-amino-alcohol motifs (C(OH)–C–C–N with tert-alkyl or cyclic N) is 1. The van der Waals surface area contributed by atoms with Crippen LogP contribution in [0.4, 0.5) is 10.5 Å². The van der Waals surface area contributed by atoms with Crippen LogP contribution in [0.15, 0.2) is 49.1 Å². The Bertz CT molecular complexity index is 1690. The Balaban J connectivity index is 1.10. The molecule has 3 heterocycles. The van der Waals surface area contributed by atoms with Crippen molar-refractivity contribution in [3.05, 3.63) is 60.2 Å². The SMILES string of the molecule is COc1ccc(C23CCC(CN(c4cncc(-c5cnn(C(C)(C)C)c5)c4)C(=O)[C@H]4CC[C@H](OC(=O)N5CC(O)C5)CC4)(CC2)CC3)cc1C. The van der Waals surface area contributed by atoms with Gasteiger partial charge in [-0.15, -0.1) is 0 Å². The number of ether oxygens (including phenoxy) is 2. The van der Waals surface area contributed by atoms with E-state index >= 15 is 0 Å². The first-order chi connectivity index (χ1) is 23.9. The Morgan fingerprint density at radius 3 is 2.26 bits per heavy atom. The highest BCUT2D eigenvalue weighted by Crippen LogP contribution is 2.58. The summed E-state index contributed by atoms with van der Waals surface area (Å²) >= 11 is 0. The van der Waals surface area contributed by atoms with Crippen molar-refractivity contribution in [1.82, 2.24) is 19.7 Å². The molecule has 10 heteroatoms. The highest BCUT2D eigenvalue weighted by Gasteiger charge is 2.51. The molecule has 8 rings (SSSR count). The number of amides is 2. The molecule has 5 fully saturated rings.